The van der Waals surface area contributed by atoms with Crippen molar-refractivity contribution in [3.63, 3.8) is 0 Å². The molecule has 0 aromatic heterocycles. The van der Waals surface area contributed by atoms with Gasteiger partial charge in [0.2, 0.25) is 0 Å². The van der Waals surface area contributed by atoms with Crippen molar-refractivity contribution in [3.05, 3.63) is 0 Å². The van der Waals surface area contributed by atoms with E-state index in [-0.39, 0.29) is 5.97 Å². The Labute approximate surface area is 99.3 Å². The predicted octanol–water partition coefficient (Wildman–Crippen LogP) is 1.26. The fourth-order valence-electron chi connectivity index (χ4n) is 1.43. The van der Waals surface area contributed by atoms with Crippen molar-refractivity contribution in [2.24, 2.45) is 0 Å². The minimum atomic E-state index is -0.146. The number of hydrogen-bond donors (Lipinski definition) is 1. The van der Waals surface area contributed by atoms with Gasteiger partial charge in [-0.15, -0.1) is 0 Å². The minimum Gasteiger partial charge on any atom is -0.469 e. The lowest BCUT2D eigenvalue weighted by molar-refractivity contribution is -0.140. The summed E-state index contributed by atoms with van der Waals surface area (Å²) in [4.78, 5) is 13.2. The van der Waals surface area contributed by atoms with E-state index in [0.29, 0.717) is 13.0 Å². The standard InChI is InChI=1S/C12H26N2O2/c1-4-5-10-14(2)11-6-8-13-9-7-12(15)16-3/h13H,4-11H2,1-3H3. The predicted molar refractivity (Wildman–Crippen MR) is 66.5 cm³/mol. The molecule has 16 heavy (non-hydrogen) atoms. The van der Waals surface area contributed by atoms with Gasteiger partial charge in [-0.3, -0.25) is 4.79 Å². The van der Waals surface area contributed by atoms with Crippen molar-refractivity contribution in [2.45, 2.75) is 32.6 Å². The molecule has 0 rings (SSSR count). The van der Waals surface area contributed by atoms with Gasteiger partial charge in [0.1, 0.15) is 0 Å². The van der Waals surface area contributed by atoms with Crippen molar-refractivity contribution < 1.29 is 9.53 Å². The summed E-state index contributed by atoms with van der Waals surface area (Å²) in [6.45, 7) is 6.19. The van der Waals surface area contributed by atoms with Crippen LogP contribution in [0.2, 0.25) is 0 Å². The average Bonchev–Trinajstić information content (AvgIpc) is 2.30. The Kier molecular flexibility index (Phi) is 10.5. The van der Waals surface area contributed by atoms with Gasteiger partial charge in [0.05, 0.1) is 13.5 Å². The van der Waals surface area contributed by atoms with Crippen molar-refractivity contribution in [3.8, 4) is 0 Å². The Bertz CT molecular complexity index is 174. The Morgan fingerprint density at radius 3 is 2.56 bits per heavy atom. The summed E-state index contributed by atoms with van der Waals surface area (Å²) in [6, 6.07) is 0. The molecule has 0 bridgehead atoms. The molecule has 96 valence electrons. The summed E-state index contributed by atoms with van der Waals surface area (Å²) in [5, 5.41) is 3.23. The number of unbranched alkanes of at least 4 members (excludes halogenated alkanes) is 1. The zero-order valence-corrected chi connectivity index (χ0v) is 10.9. The van der Waals surface area contributed by atoms with Crippen LogP contribution in [0.1, 0.15) is 32.6 Å². The molecule has 0 aromatic carbocycles. The van der Waals surface area contributed by atoms with Crippen LogP contribution >= 0.6 is 0 Å². The Hall–Kier alpha value is -0.610. The van der Waals surface area contributed by atoms with Crippen molar-refractivity contribution in [1.82, 2.24) is 10.2 Å². The van der Waals surface area contributed by atoms with E-state index in [1.54, 1.807) is 0 Å². The van der Waals surface area contributed by atoms with Gasteiger partial charge in [0, 0.05) is 6.54 Å². The molecule has 0 spiro atoms. The molecule has 0 aliphatic rings. The number of methoxy groups -OCH3 is 1. The van der Waals surface area contributed by atoms with Crippen LogP contribution in [0.15, 0.2) is 0 Å². The van der Waals surface area contributed by atoms with E-state index < -0.39 is 0 Å². The van der Waals surface area contributed by atoms with Gasteiger partial charge in [-0.2, -0.15) is 0 Å². The maximum Gasteiger partial charge on any atom is 0.306 e. The van der Waals surface area contributed by atoms with E-state index in [1.807, 2.05) is 0 Å². The molecular formula is C12H26N2O2. The molecule has 4 heteroatoms. The molecule has 0 aliphatic heterocycles. The van der Waals surface area contributed by atoms with Crippen LogP contribution in [-0.4, -0.2) is 51.2 Å². The smallest absolute Gasteiger partial charge is 0.306 e. The van der Waals surface area contributed by atoms with Crippen LogP contribution in [0.5, 0.6) is 0 Å². The summed E-state index contributed by atoms with van der Waals surface area (Å²) < 4.78 is 4.55. The highest BCUT2D eigenvalue weighted by Gasteiger charge is 1.99. The van der Waals surface area contributed by atoms with E-state index in [9.17, 15) is 4.79 Å². The molecule has 0 radical (unpaired) electrons. The molecule has 0 aliphatic carbocycles. The number of carbonyl (C=O) groups is 1. The first-order valence-electron chi connectivity index (χ1n) is 6.16. The SMILES string of the molecule is CCCCN(C)CCCNCCC(=O)OC. The first-order chi connectivity index (χ1) is 7.70. The van der Waals surface area contributed by atoms with Gasteiger partial charge < -0.3 is 15.0 Å². The molecule has 4 nitrogen and oxygen atoms in total. The number of rotatable bonds is 10. The summed E-state index contributed by atoms with van der Waals surface area (Å²) in [5.74, 6) is -0.146. The minimum absolute atomic E-state index is 0.146. The lowest BCUT2D eigenvalue weighted by atomic mass is 10.3. The molecule has 0 saturated heterocycles. The van der Waals surface area contributed by atoms with Crippen molar-refractivity contribution in [1.29, 1.82) is 0 Å². The number of nitrogens with zero attached hydrogens (tertiary/aromatic N) is 1. The van der Waals surface area contributed by atoms with E-state index in [0.717, 1.165) is 19.5 Å². The number of ether oxygens (including phenoxy) is 1. The molecule has 1 N–H and O–H groups in total. The third-order valence-corrected chi connectivity index (χ3v) is 2.52. The van der Waals surface area contributed by atoms with Crippen LogP contribution in [0.4, 0.5) is 0 Å². The van der Waals surface area contributed by atoms with E-state index >= 15 is 0 Å². The lowest BCUT2D eigenvalue weighted by Crippen LogP contribution is -2.26. The number of hydrogen-bond acceptors (Lipinski definition) is 4. The van der Waals surface area contributed by atoms with Gasteiger partial charge in [0.25, 0.3) is 0 Å². The molecular weight excluding hydrogens is 204 g/mol. The molecule has 0 saturated carbocycles. The van der Waals surface area contributed by atoms with Crippen LogP contribution in [-0.2, 0) is 9.53 Å². The van der Waals surface area contributed by atoms with Gasteiger partial charge in [-0.25, -0.2) is 0 Å². The Balaban J connectivity index is 3.17. The third-order valence-electron chi connectivity index (χ3n) is 2.52. The number of nitrogens with one attached hydrogen (secondary N) is 1. The van der Waals surface area contributed by atoms with Crippen molar-refractivity contribution in [2.75, 3.05) is 40.3 Å². The number of carbonyl (C=O) groups excluding carboxylic acids is 1. The fraction of sp³-hybridized carbons (Fsp3) is 0.917. The summed E-state index contributed by atoms with van der Waals surface area (Å²) in [5.41, 5.74) is 0. The average molecular weight is 230 g/mol. The molecule has 0 fully saturated rings. The second-order valence-corrected chi connectivity index (χ2v) is 4.09. The van der Waals surface area contributed by atoms with E-state index in [1.165, 1.54) is 26.5 Å². The Morgan fingerprint density at radius 2 is 1.94 bits per heavy atom. The molecule has 0 amide bonds. The largest absolute Gasteiger partial charge is 0.469 e. The monoisotopic (exact) mass is 230 g/mol. The van der Waals surface area contributed by atoms with Crippen LogP contribution < -0.4 is 5.32 Å². The number of esters is 1. The Morgan fingerprint density at radius 1 is 1.25 bits per heavy atom. The van der Waals surface area contributed by atoms with Crippen LogP contribution in [0.25, 0.3) is 0 Å². The molecule has 0 atom stereocenters. The lowest BCUT2D eigenvalue weighted by Gasteiger charge is -2.15. The van der Waals surface area contributed by atoms with Gasteiger partial charge in [-0.1, -0.05) is 13.3 Å². The maximum absolute atomic E-state index is 10.8. The normalized spacial score (nSPS) is 10.8. The van der Waals surface area contributed by atoms with Gasteiger partial charge in [0.15, 0.2) is 0 Å². The maximum atomic E-state index is 10.8. The molecule has 0 aromatic rings. The molecule has 0 unspecified atom stereocenters. The fourth-order valence-corrected chi connectivity index (χ4v) is 1.43. The van der Waals surface area contributed by atoms with Crippen molar-refractivity contribution >= 4 is 5.97 Å². The summed E-state index contributed by atoms with van der Waals surface area (Å²) >= 11 is 0. The second-order valence-electron chi connectivity index (χ2n) is 4.09. The van der Waals surface area contributed by atoms with E-state index in [2.05, 4.69) is 28.9 Å². The van der Waals surface area contributed by atoms with Crippen LogP contribution in [0, 0.1) is 0 Å². The second kappa shape index (κ2) is 10.9. The highest BCUT2D eigenvalue weighted by Crippen LogP contribution is 1.92. The first-order valence-corrected chi connectivity index (χ1v) is 6.16. The highest BCUT2D eigenvalue weighted by atomic mass is 16.5. The third kappa shape index (κ3) is 9.93. The zero-order valence-electron chi connectivity index (χ0n) is 10.9. The zero-order chi connectivity index (χ0) is 12.2. The highest BCUT2D eigenvalue weighted by molar-refractivity contribution is 5.69. The first kappa shape index (κ1) is 15.4. The molecule has 0 heterocycles. The van der Waals surface area contributed by atoms with Gasteiger partial charge >= 0.3 is 5.97 Å². The van der Waals surface area contributed by atoms with Gasteiger partial charge in [-0.05, 0) is 39.5 Å². The summed E-state index contributed by atoms with van der Waals surface area (Å²) in [7, 11) is 3.58. The topological polar surface area (TPSA) is 41.6 Å². The summed E-state index contributed by atoms with van der Waals surface area (Å²) in [6.07, 6.45) is 4.11. The quantitative estimate of drug-likeness (QED) is 0.453. The van der Waals surface area contributed by atoms with E-state index in [4.69, 9.17) is 0 Å². The van der Waals surface area contributed by atoms with Crippen LogP contribution in [0.3, 0.4) is 0 Å².